The fraction of sp³-hybridized carbons (Fsp3) is 0.0952. The lowest BCUT2D eigenvalue weighted by molar-refractivity contribution is -0.274. The molecule has 2 aromatic carbocycles. The summed E-state index contributed by atoms with van der Waals surface area (Å²) >= 11 is 5.95. The summed E-state index contributed by atoms with van der Waals surface area (Å²) in [4.78, 5) is 16.7. The van der Waals surface area contributed by atoms with E-state index in [0.717, 1.165) is 28.3 Å². The van der Waals surface area contributed by atoms with Crippen molar-refractivity contribution in [2.75, 3.05) is 10.6 Å². The molecule has 0 aliphatic heterocycles. The normalized spacial score (nSPS) is 11.4. The van der Waals surface area contributed by atoms with Crippen LogP contribution in [0.25, 0.3) is 5.65 Å². The van der Waals surface area contributed by atoms with E-state index in [2.05, 4.69) is 25.5 Å². The molecule has 170 valence electrons. The minimum Gasteiger partial charge on any atom is -0.406 e. The fourth-order valence-corrected chi connectivity index (χ4v) is 3.18. The molecule has 4 rings (SSSR count). The van der Waals surface area contributed by atoms with Crippen molar-refractivity contribution >= 4 is 34.7 Å². The van der Waals surface area contributed by atoms with E-state index in [1.165, 1.54) is 18.3 Å². The maximum Gasteiger partial charge on any atom is 0.573 e. The number of anilines is 2. The first-order chi connectivity index (χ1) is 15.7. The zero-order valence-corrected chi connectivity index (χ0v) is 17.3. The Labute approximate surface area is 189 Å². The number of nitrogens with one attached hydrogen (secondary N) is 2. The van der Waals surface area contributed by atoms with E-state index in [4.69, 9.17) is 11.6 Å². The van der Waals surface area contributed by atoms with Crippen LogP contribution in [0, 0.1) is 5.82 Å². The average molecular weight is 480 g/mol. The van der Waals surface area contributed by atoms with Gasteiger partial charge in [0.25, 0.3) is 5.91 Å². The zero-order chi connectivity index (χ0) is 23.6. The number of nitrogens with zero attached hydrogens (tertiary/aromatic N) is 3. The molecule has 1 amide bonds. The Hall–Kier alpha value is -3.86. The summed E-state index contributed by atoms with van der Waals surface area (Å²) in [6.45, 7) is 0.220. The molecule has 0 saturated carbocycles. The predicted octanol–water partition coefficient (Wildman–Crippen LogP) is 5.28. The van der Waals surface area contributed by atoms with Gasteiger partial charge in [0.15, 0.2) is 23.0 Å². The molecule has 0 unspecified atom stereocenters. The van der Waals surface area contributed by atoms with Gasteiger partial charge in [-0.1, -0.05) is 29.8 Å². The lowest BCUT2D eigenvalue weighted by Crippen LogP contribution is -2.18. The minimum atomic E-state index is -4.87. The first-order valence-electron chi connectivity index (χ1n) is 9.38. The molecular weight excluding hydrogens is 466 g/mol. The molecule has 0 saturated heterocycles. The standard InChI is InChI=1S/C21H14ClF4N5O2/c22-13-4-1-3-12(7-13)10-28-19-16(23)9-18-27-11-17(31(18)30-19)20(32)29-14-5-2-6-15(8-14)33-21(24,25)26/h1-9,11H,10H2,(H,28,30)(H,29,32). The van der Waals surface area contributed by atoms with Crippen molar-refractivity contribution in [2.24, 2.45) is 0 Å². The van der Waals surface area contributed by atoms with Gasteiger partial charge >= 0.3 is 6.36 Å². The van der Waals surface area contributed by atoms with Crippen molar-refractivity contribution in [3.05, 3.63) is 82.9 Å². The molecule has 0 bridgehead atoms. The Morgan fingerprint density at radius 1 is 1.12 bits per heavy atom. The summed E-state index contributed by atoms with van der Waals surface area (Å²) in [7, 11) is 0. The molecule has 2 aromatic heterocycles. The van der Waals surface area contributed by atoms with Crippen LogP contribution in [0.15, 0.2) is 60.8 Å². The Morgan fingerprint density at radius 2 is 1.91 bits per heavy atom. The number of imidazole rings is 1. The van der Waals surface area contributed by atoms with E-state index in [9.17, 15) is 22.4 Å². The summed E-state index contributed by atoms with van der Waals surface area (Å²) in [6.07, 6.45) is -3.69. The molecule has 7 nitrogen and oxygen atoms in total. The number of fused-ring (bicyclic) bond motifs is 1. The van der Waals surface area contributed by atoms with Gasteiger partial charge in [0, 0.05) is 29.4 Å². The van der Waals surface area contributed by atoms with E-state index in [0.29, 0.717) is 5.02 Å². The smallest absolute Gasteiger partial charge is 0.406 e. The molecule has 33 heavy (non-hydrogen) atoms. The summed E-state index contributed by atoms with van der Waals surface area (Å²) in [5, 5.41) is 9.91. The van der Waals surface area contributed by atoms with Gasteiger partial charge in [0.05, 0.1) is 6.20 Å². The maximum atomic E-state index is 14.4. The SMILES string of the molecule is O=C(Nc1cccc(OC(F)(F)F)c1)c1cnc2cc(F)c(NCc3cccc(Cl)c3)nn12. The van der Waals surface area contributed by atoms with Crippen LogP contribution in [0.3, 0.4) is 0 Å². The number of aromatic nitrogens is 3. The highest BCUT2D eigenvalue weighted by atomic mass is 35.5. The Kier molecular flexibility index (Phi) is 6.05. The maximum absolute atomic E-state index is 14.4. The second-order valence-corrected chi connectivity index (χ2v) is 7.20. The number of ether oxygens (including phenoxy) is 1. The highest BCUT2D eigenvalue weighted by Gasteiger charge is 2.31. The number of hydrogen-bond donors (Lipinski definition) is 2. The highest BCUT2D eigenvalue weighted by Crippen LogP contribution is 2.25. The molecule has 0 fully saturated rings. The molecule has 12 heteroatoms. The van der Waals surface area contributed by atoms with E-state index in [1.54, 1.807) is 24.3 Å². The first kappa shape index (κ1) is 22.3. The quantitative estimate of drug-likeness (QED) is 0.368. The van der Waals surface area contributed by atoms with Crippen LogP contribution in [0.1, 0.15) is 16.1 Å². The fourth-order valence-electron chi connectivity index (χ4n) is 2.97. The molecule has 2 N–H and O–H groups in total. The Bertz CT molecular complexity index is 1330. The van der Waals surface area contributed by atoms with Crippen molar-refractivity contribution in [1.29, 1.82) is 0 Å². The number of halogens is 5. The van der Waals surface area contributed by atoms with Crippen LogP contribution in [-0.4, -0.2) is 26.9 Å². The second kappa shape index (κ2) is 8.94. The van der Waals surface area contributed by atoms with Crippen molar-refractivity contribution in [3.63, 3.8) is 0 Å². The number of benzene rings is 2. The number of carbonyl (C=O) groups is 1. The van der Waals surface area contributed by atoms with Crippen molar-refractivity contribution in [1.82, 2.24) is 14.6 Å². The van der Waals surface area contributed by atoms with Crippen LogP contribution in [0.4, 0.5) is 29.1 Å². The molecule has 0 atom stereocenters. The van der Waals surface area contributed by atoms with Crippen molar-refractivity contribution in [3.8, 4) is 5.75 Å². The molecule has 0 aliphatic carbocycles. The summed E-state index contributed by atoms with van der Waals surface area (Å²) in [5.74, 6) is -2.02. The molecule has 2 heterocycles. The lowest BCUT2D eigenvalue weighted by atomic mass is 10.2. The third-order valence-electron chi connectivity index (χ3n) is 4.35. The van der Waals surface area contributed by atoms with Gasteiger partial charge in [-0.3, -0.25) is 4.79 Å². The van der Waals surface area contributed by atoms with Gasteiger partial charge in [-0.15, -0.1) is 18.3 Å². The van der Waals surface area contributed by atoms with E-state index in [1.807, 2.05) is 0 Å². The summed E-state index contributed by atoms with van der Waals surface area (Å²) < 4.78 is 56.7. The van der Waals surface area contributed by atoms with Crippen LogP contribution >= 0.6 is 11.6 Å². The summed E-state index contributed by atoms with van der Waals surface area (Å²) in [5.41, 5.74) is 0.851. The predicted molar refractivity (Wildman–Crippen MR) is 113 cm³/mol. The second-order valence-electron chi connectivity index (χ2n) is 6.77. The van der Waals surface area contributed by atoms with Gasteiger partial charge in [-0.25, -0.2) is 13.9 Å². The Morgan fingerprint density at radius 3 is 2.67 bits per heavy atom. The van der Waals surface area contributed by atoms with Gasteiger partial charge in [-0.05, 0) is 29.8 Å². The number of alkyl halides is 3. The van der Waals surface area contributed by atoms with Gasteiger partial charge in [0.2, 0.25) is 0 Å². The van der Waals surface area contributed by atoms with Crippen molar-refractivity contribution in [2.45, 2.75) is 12.9 Å². The van der Waals surface area contributed by atoms with Crippen LogP contribution in [-0.2, 0) is 6.54 Å². The van der Waals surface area contributed by atoms with E-state index in [-0.39, 0.29) is 29.4 Å². The third kappa shape index (κ3) is 5.50. The molecule has 0 spiro atoms. The zero-order valence-electron chi connectivity index (χ0n) is 16.5. The number of amides is 1. The van der Waals surface area contributed by atoms with Crippen molar-refractivity contribution < 1.29 is 27.1 Å². The third-order valence-corrected chi connectivity index (χ3v) is 4.59. The number of hydrogen-bond acceptors (Lipinski definition) is 5. The van der Waals surface area contributed by atoms with Gasteiger partial charge in [0.1, 0.15) is 5.75 Å². The molecule has 4 aromatic rings. The van der Waals surface area contributed by atoms with Crippen LogP contribution in [0.5, 0.6) is 5.75 Å². The van der Waals surface area contributed by atoms with Crippen LogP contribution in [0.2, 0.25) is 5.02 Å². The topological polar surface area (TPSA) is 80.5 Å². The average Bonchev–Trinajstić information content (AvgIpc) is 3.14. The molecular formula is C21H14ClF4N5O2. The lowest BCUT2D eigenvalue weighted by Gasteiger charge is -2.11. The Balaban J connectivity index is 1.55. The molecule has 0 radical (unpaired) electrons. The molecule has 0 aliphatic rings. The highest BCUT2D eigenvalue weighted by molar-refractivity contribution is 6.30. The monoisotopic (exact) mass is 479 g/mol. The number of rotatable bonds is 6. The van der Waals surface area contributed by atoms with E-state index < -0.39 is 23.8 Å². The van der Waals surface area contributed by atoms with Gasteiger partial charge in [-0.2, -0.15) is 0 Å². The largest absolute Gasteiger partial charge is 0.573 e. The first-order valence-corrected chi connectivity index (χ1v) is 9.75. The van der Waals surface area contributed by atoms with Gasteiger partial charge < -0.3 is 15.4 Å². The number of carbonyl (C=O) groups excluding carboxylic acids is 1. The van der Waals surface area contributed by atoms with Crippen LogP contribution < -0.4 is 15.4 Å². The minimum absolute atomic E-state index is 0.0538. The summed E-state index contributed by atoms with van der Waals surface area (Å²) in [6, 6.07) is 12.8. The van der Waals surface area contributed by atoms with E-state index >= 15 is 0 Å².